The fraction of sp³-hybridized carbons (Fsp3) is 0.889. The normalized spacial score (nSPS) is 11.3. The van der Waals surface area contributed by atoms with Gasteiger partial charge in [-0.15, -0.1) is 0 Å². The van der Waals surface area contributed by atoms with E-state index in [9.17, 15) is 4.79 Å². The second kappa shape index (κ2) is 5.14. The molecule has 1 amide bonds. The van der Waals surface area contributed by atoms with E-state index in [0.717, 1.165) is 6.42 Å². The second-order valence-corrected chi connectivity index (χ2v) is 3.90. The molecule has 3 N–H and O–H groups in total. The molecule has 72 valence electrons. The van der Waals surface area contributed by atoms with Crippen LogP contribution in [-0.4, -0.2) is 19.0 Å². The summed E-state index contributed by atoms with van der Waals surface area (Å²) in [5, 5.41) is 2.86. The molecule has 0 aromatic carbocycles. The number of amides is 1. The van der Waals surface area contributed by atoms with Gasteiger partial charge in [0.15, 0.2) is 0 Å². The van der Waals surface area contributed by atoms with E-state index >= 15 is 0 Å². The number of hydrogen-bond donors (Lipinski definition) is 2. The fourth-order valence-electron chi connectivity index (χ4n) is 0.725. The van der Waals surface area contributed by atoms with Crippen molar-refractivity contribution in [1.29, 1.82) is 0 Å². The number of carbonyl (C=O) groups excluding carboxylic acids is 1. The Labute approximate surface area is 74.7 Å². The van der Waals surface area contributed by atoms with Gasteiger partial charge in [-0.05, 0) is 18.4 Å². The van der Waals surface area contributed by atoms with Gasteiger partial charge in [0.25, 0.3) is 0 Å². The lowest BCUT2D eigenvalue weighted by Crippen LogP contribution is -2.38. The van der Waals surface area contributed by atoms with E-state index < -0.39 is 0 Å². The molecule has 0 rings (SSSR count). The summed E-state index contributed by atoms with van der Waals surface area (Å²) in [6.07, 6.45) is 1.51. The van der Waals surface area contributed by atoms with Crippen LogP contribution in [-0.2, 0) is 4.79 Å². The minimum atomic E-state index is 0.0173. The van der Waals surface area contributed by atoms with Crippen LogP contribution < -0.4 is 11.1 Å². The van der Waals surface area contributed by atoms with Crippen LogP contribution in [0, 0.1) is 5.41 Å². The molecule has 0 atom stereocenters. The summed E-state index contributed by atoms with van der Waals surface area (Å²) in [5.41, 5.74) is 5.53. The second-order valence-electron chi connectivity index (χ2n) is 3.90. The highest BCUT2D eigenvalue weighted by atomic mass is 16.1. The molecular formula is C9H20N2O. The van der Waals surface area contributed by atoms with E-state index in [0.29, 0.717) is 19.5 Å². The summed E-state index contributed by atoms with van der Waals surface area (Å²) in [6, 6.07) is 0. The van der Waals surface area contributed by atoms with E-state index in [2.05, 4.69) is 5.32 Å². The van der Waals surface area contributed by atoms with Crippen LogP contribution in [0.2, 0.25) is 0 Å². The highest BCUT2D eigenvalue weighted by Gasteiger charge is 2.15. The first kappa shape index (κ1) is 11.4. The molecule has 3 nitrogen and oxygen atoms in total. The molecule has 0 radical (unpaired) electrons. The lowest BCUT2D eigenvalue weighted by atomic mass is 9.94. The maximum atomic E-state index is 11.1. The highest BCUT2D eigenvalue weighted by Crippen LogP contribution is 2.09. The van der Waals surface area contributed by atoms with Gasteiger partial charge in [0.05, 0.1) is 0 Å². The number of nitrogens with one attached hydrogen (secondary N) is 1. The SMILES string of the molecule is CCCC(=O)NCC(C)(C)CN. The molecule has 0 fully saturated rings. The lowest BCUT2D eigenvalue weighted by Gasteiger charge is -2.22. The molecule has 0 spiro atoms. The Kier molecular flexibility index (Phi) is 4.90. The predicted octanol–water partition coefficient (Wildman–Crippen LogP) is 0.888. The smallest absolute Gasteiger partial charge is 0.220 e. The third-order valence-corrected chi connectivity index (χ3v) is 1.79. The maximum absolute atomic E-state index is 11.1. The quantitative estimate of drug-likeness (QED) is 0.647. The van der Waals surface area contributed by atoms with Crippen LogP contribution in [0.3, 0.4) is 0 Å². The van der Waals surface area contributed by atoms with Gasteiger partial charge in [-0.25, -0.2) is 0 Å². The van der Waals surface area contributed by atoms with Crippen molar-refractivity contribution >= 4 is 5.91 Å². The monoisotopic (exact) mass is 172 g/mol. The molecule has 0 aromatic rings. The minimum absolute atomic E-state index is 0.0173. The zero-order valence-electron chi connectivity index (χ0n) is 8.31. The standard InChI is InChI=1S/C9H20N2O/c1-4-5-8(12)11-7-9(2,3)6-10/h4-7,10H2,1-3H3,(H,11,12). The van der Waals surface area contributed by atoms with Gasteiger partial charge in [0.1, 0.15) is 0 Å². The van der Waals surface area contributed by atoms with Crippen molar-refractivity contribution in [3.8, 4) is 0 Å². The third-order valence-electron chi connectivity index (χ3n) is 1.79. The van der Waals surface area contributed by atoms with Crippen molar-refractivity contribution in [2.75, 3.05) is 13.1 Å². The molecule has 3 heteroatoms. The first-order valence-electron chi connectivity index (χ1n) is 4.48. The average molecular weight is 172 g/mol. The molecule has 0 saturated carbocycles. The number of carbonyl (C=O) groups is 1. The number of nitrogens with two attached hydrogens (primary N) is 1. The van der Waals surface area contributed by atoms with Gasteiger partial charge in [-0.3, -0.25) is 4.79 Å². The number of hydrogen-bond acceptors (Lipinski definition) is 2. The molecular weight excluding hydrogens is 152 g/mol. The summed E-state index contributed by atoms with van der Waals surface area (Å²) in [5.74, 6) is 0.124. The van der Waals surface area contributed by atoms with Crippen LogP contribution in [0.25, 0.3) is 0 Å². The maximum Gasteiger partial charge on any atom is 0.220 e. The molecule has 0 aliphatic rings. The average Bonchev–Trinajstić information content (AvgIpc) is 2.02. The summed E-state index contributed by atoms with van der Waals surface area (Å²) in [4.78, 5) is 11.1. The van der Waals surface area contributed by atoms with E-state index in [1.165, 1.54) is 0 Å². The van der Waals surface area contributed by atoms with Crippen molar-refractivity contribution in [3.05, 3.63) is 0 Å². The van der Waals surface area contributed by atoms with E-state index in [1.807, 2.05) is 20.8 Å². The van der Waals surface area contributed by atoms with Crippen LogP contribution in [0.5, 0.6) is 0 Å². The largest absolute Gasteiger partial charge is 0.356 e. The summed E-state index contributed by atoms with van der Waals surface area (Å²) < 4.78 is 0. The first-order chi connectivity index (χ1) is 5.52. The third kappa shape index (κ3) is 5.13. The summed E-state index contributed by atoms with van der Waals surface area (Å²) in [6.45, 7) is 7.34. The summed E-state index contributed by atoms with van der Waals surface area (Å²) >= 11 is 0. The van der Waals surface area contributed by atoms with Crippen molar-refractivity contribution in [2.45, 2.75) is 33.6 Å². The van der Waals surface area contributed by atoms with Gasteiger partial charge in [0, 0.05) is 13.0 Å². The Morgan fingerprint density at radius 2 is 2.08 bits per heavy atom. The summed E-state index contributed by atoms with van der Waals surface area (Å²) in [7, 11) is 0. The van der Waals surface area contributed by atoms with E-state index in [-0.39, 0.29) is 11.3 Å². The Morgan fingerprint density at radius 3 is 2.50 bits per heavy atom. The topological polar surface area (TPSA) is 55.1 Å². The van der Waals surface area contributed by atoms with E-state index in [4.69, 9.17) is 5.73 Å². The molecule has 12 heavy (non-hydrogen) atoms. The van der Waals surface area contributed by atoms with Crippen LogP contribution >= 0.6 is 0 Å². The number of rotatable bonds is 5. The Bertz CT molecular complexity index is 143. The van der Waals surface area contributed by atoms with Crippen molar-refractivity contribution in [1.82, 2.24) is 5.32 Å². The zero-order chi connectivity index (χ0) is 9.61. The molecule has 0 aliphatic heterocycles. The van der Waals surface area contributed by atoms with Gasteiger partial charge in [0.2, 0.25) is 5.91 Å². The molecule has 0 aromatic heterocycles. The lowest BCUT2D eigenvalue weighted by molar-refractivity contribution is -0.121. The fourth-order valence-corrected chi connectivity index (χ4v) is 0.725. The highest BCUT2D eigenvalue weighted by molar-refractivity contribution is 5.75. The van der Waals surface area contributed by atoms with Crippen LogP contribution in [0.1, 0.15) is 33.6 Å². The molecule has 0 bridgehead atoms. The molecule has 0 aliphatic carbocycles. The van der Waals surface area contributed by atoms with Gasteiger partial charge < -0.3 is 11.1 Å². The Hall–Kier alpha value is -0.570. The zero-order valence-corrected chi connectivity index (χ0v) is 8.31. The molecule has 0 unspecified atom stereocenters. The van der Waals surface area contributed by atoms with Crippen LogP contribution in [0.15, 0.2) is 0 Å². The molecule has 0 saturated heterocycles. The van der Waals surface area contributed by atoms with E-state index in [1.54, 1.807) is 0 Å². The Balaban J connectivity index is 3.60. The van der Waals surface area contributed by atoms with Gasteiger partial charge >= 0.3 is 0 Å². The van der Waals surface area contributed by atoms with Crippen molar-refractivity contribution < 1.29 is 4.79 Å². The Morgan fingerprint density at radius 1 is 1.50 bits per heavy atom. The van der Waals surface area contributed by atoms with Crippen LogP contribution in [0.4, 0.5) is 0 Å². The first-order valence-corrected chi connectivity index (χ1v) is 4.48. The van der Waals surface area contributed by atoms with Gasteiger partial charge in [-0.2, -0.15) is 0 Å². The van der Waals surface area contributed by atoms with Gasteiger partial charge in [-0.1, -0.05) is 20.8 Å². The molecule has 0 heterocycles. The minimum Gasteiger partial charge on any atom is -0.356 e. The van der Waals surface area contributed by atoms with Crippen molar-refractivity contribution in [2.24, 2.45) is 11.1 Å². The van der Waals surface area contributed by atoms with Crippen molar-refractivity contribution in [3.63, 3.8) is 0 Å². The predicted molar refractivity (Wildman–Crippen MR) is 50.8 cm³/mol.